The van der Waals surface area contributed by atoms with Gasteiger partial charge in [0, 0.05) is 41.5 Å². The lowest BCUT2D eigenvalue weighted by Gasteiger charge is -2.42. The van der Waals surface area contributed by atoms with Gasteiger partial charge in [0.2, 0.25) is 0 Å². The summed E-state index contributed by atoms with van der Waals surface area (Å²) in [5.41, 5.74) is 6.22. The van der Waals surface area contributed by atoms with Gasteiger partial charge in [-0.25, -0.2) is 9.97 Å². The topological polar surface area (TPSA) is 44.2 Å². The number of hydrogen-bond acceptors (Lipinski definition) is 4. The normalized spacial score (nSPS) is 17.8. The average molecular weight is 428 g/mol. The van der Waals surface area contributed by atoms with Crippen LogP contribution >= 0.6 is 11.6 Å². The van der Waals surface area contributed by atoms with Crippen LogP contribution in [0.5, 0.6) is 0 Å². The molecular weight excluding hydrogens is 408 g/mol. The van der Waals surface area contributed by atoms with Gasteiger partial charge < -0.3 is 9.47 Å². The van der Waals surface area contributed by atoms with E-state index in [0.29, 0.717) is 18.4 Å². The minimum absolute atomic E-state index is 0.359. The van der Waals surface area contributed by atoms with Gasteiger partial charge in [0.15, 0.2) is 5.79 Å². The van der Waals surface area contributed by atoms with E-state index in [4.69, 9.17) is 26.1 Å². The smallest absolute Gasteiger partial charge is 0.170 e. The summed E-state index contributed by atoms with van der Waals surface area (Å²) in [7, 11) is 0. The molecule has 153 valence electrons. The molecule has 1 saturated heterocycles. The van der Waals surface area contributed by atoms with Crippen LogP contribution in [0.15, 0.2) is 72.9 Å². The number of ether oxygens (including phenoxy) is 2. The zero-order chi connectivity index (χ0) is 20.8. The Hall–Kier alpha value is -2.79. The van der Waals surface area contributed by atoms with Crippen molar-refractivity contribution < 1.29 is 9.47 Å². The fraction of sp³-hybridized carbons (Fsp3) is 0.192. The Morgan fingerprint density at radius 1 is 0.806 bits per heavy atom. The van der Waals surface area contributed by atoms with Crippen molar-refractivity contribution >= 4 is 22.5 Å². The molecule has 2 aromatic heterocycles. The molecule has 2 aliphatic rings. The summed E-state index contributed by atoms with van der Waals surface area (Å²) in [6, 6.07) is 22.9. The molecule has 0 bridgehead atoms. The molecule has 5 heteroatoms. The van der Waals surface area contributed by atoms with Crippen LogP contribution in [-0.4, -0.2) is 29.0 Å². The fourth-order valence-electron chi connectivity index (χ4n) is 4.49. The average Bonchev–Trinajstić information content (AvgIpc) is 3.29. The van der Waals surface area contributed by atoms with Crippen LogP contribution in [0.1, 0.15) is 18.4 Å². The predicted molar refractivity (Wildman–Crippen MR) is 122 cm³/mol. The molecule has 1 radical (unpaired) electrons. The Labute approximate surface area is 185 Å². The number of benzene rings is 2. The van der Waals surface area contributed by atoms with Crippen LogP contribution in [0.3, 0.4) is 0 Å². The maximum absolute atomic E-state index is 6.37. The van der Waals surface area contributed by atoms with E-state index >= 15 is 0 Å². The molecule has 1 aliphatic heterocycles. The van der Waals surface area contributed by atoms with Gasteiger partial charge in [-0.15, -0.1) is 0 Å². The maximum atomic E-state index is 6.37. The molecule has 1 spiro atoms. The summed E-state index contributed by atoms with van der Waals surface area (Å²) < 4.78 is 11.5. The van der Waals surface area contributed by atoms with E-state index in [1.807, 2.05) is 24.3 Å². The monoisotopic (exact) mass is 427 g/mol. The van der Waals surface area contributed by atoms with Crippen LogP contribution in [-0.2, 0) is 9.47 Å². The molecule has 1 aliphatic carbocycles. The number of aromatic nitrogens is 2. The van der Waals surface area contributed by atoms with Gasteiger partial charge >= 0.3 is 0 Å². The fourth-order valence-corrected chi connectivity index (χ4v) is 4.70. The van der Waals surface area contributed by atoms with Crippen molar-refractivity contribution in [1.29, 1.82) is 0 Å². The zero-order valence-corrected chi connectivity index (χ0v) is 17.6. The number of pyridine rings is 2. The number of hydrogen-bond donors (Lipinski definition) is 0. The molecule has 4 aromatic rings. The van der Waals surface area contributed by atoms with Gasteiger partial charge in [-0.2, -0.15) is 0 Å². The van der Waals surface area contributed by atoms with E-state index < -0.39 is 0 Å². The highest BCUT2D eigenvalue weighted by molar-refractivity contribution is 6.34. The summed E-state index contributed by atoms with van der Waals surface area (Å²) in [5, 5.41) is 1.33. The first-order valence-electron chi connectivity index (χ1n) is 10.4. The van der Waals surface area contributed by atoms with Crippen LogP contribution in [0.2, 0.25) is 5.15 Å². The first-order chi connectivity index (χ1) is 15.2. The van der Waals surface area contributed by atoms with Crippen molar-refractivity contribution in [2.45, 2.75) is 18.6 Å². The number of fused-ring (bicyclic) bond motifs is 1. The molecule has 31 heavy (non-hydrogen) atoms. The van der Waals surface area contributed by atoms with Gasteiger partial charge in [0.25, 0.3) is 0 Å². The lowest BCUT2D eigenvalue weighted by molar-refractivity contribution is -0.192. The number of halogens is 1. The minimum atomic E-state index is -0.359. The summed E-state index contributed by atoms with van der Waals surface area (Å²) >= 11 is 6.37. The summed E-state index contributed by atoms with van der Waals surface area (Å²) in [4.78, 5) is 9.20. The van der Waals surface area contributed by atoms with Crippen molar-refractivity contribution in [3.05, 3.63) is 89.6 Å². The molecule has 2 aromatic carbocycles. The molecule has 0 atom stereocenters. The first kappa shape index (κ1) is 18.9. The number of nitrogens with zero attached hydrogens (tertiary/aromatic N) is 2. The molecule has 2 fully saturated rings. The molecule has 3 heterocycles. The molecule has 4 nitrogen and oxygen atoms in total. The Morgan fingerprint density at radius 2 is 1.52 bits per heavy atom. The van der Waals surface area contributed by atoms with E-state index in [2.05, 4.69) is 47.4 Å². The van der Waals surface area contributed by atoms with Crippen molar-refractivity contribution in [2.75, 3.05) is 13.2 Å². The van der Waals surface area contributed by atoms with Crippen LogP contribution in [0, 0.1) is 5.92 Å². The van der Waals surface area contributed by atoms with Gasteiger partial charge in [0.05, 0.1) is 24.4 Å². The molecule has 1 saturated carbocycles. The highest BCUT2D eigenvalue weighted by Gasteiger charge is 2.49. The Bertz CT molecular complexity index is 1240. The van der Waals surface area contributed by atoms with Crippen LogP contribution in [0.4, 0.5) is 0 Å². The Balaban J connectivity index is 1.39. The molecule has 6 rings (SSSR count). The third-order valence-corrected chi connectivity index (χ3v) is 6.43. The summed E-state index contributed by atoms with van der Waals surface area (Å²) in [6.45, 7) is 1.39. The van der Waals surface area contributed by atoms with E-state index in [0.717, 1.165) is 46.1 Å². The second-order valence-corrected chi connectivity index (χ2v) is 8.42. The quantitative estimate of drug-likeness (QED) is 0.372. The van der Waals surface area contributed by atoms with Gasteiger partial charge in [0.1, 0.15) is 5.15 Å². The predicted octanol–water partition coefficient (Wildman–Crippen LogP) is 6.08. The van der Waals surface area contributed by atoms with E-state index in [1.54, 1.807) is 6.20 Å². The lowest BCUT2D eigenvalue weighted by atomic mass is 9.74. The Morgan fingerprint density at radius 3 is 2.26 bits per heavy atom. The second kappa shape index (κ2) is 7.41. The molecule has 0 N–H and O–H groups in total. The van der Waals surface area contributed by atoms with E-state index in [-0.39, 0.29) is 5.79 Å². The standard InChI is InChI=1S/C26H20ClN2O2/c27-25-22-14-21(18-4-2-1-3-5-18)24(29-23(22)10-11-28-25)19-8-6-17(7-9-19)20-15-26(16-20)30-12-13-31-26/h1-11,14H,12-13,15-16H2. The molecular formula is C26H20ClN2O2. The maximum Gasteiger partial charge on any atom is 0.170 e. The summed E-state index contributed by atoms with van der Waals surface area (Å²) in [5.74, 6) is 1.02. The second-order valence-electron chi connectivity index (χ2n) is 8.06. The van der Waals surface area contributed by atoms with Crippen molar-refractivity contribution in [2.24, 2.45) is 0 Å². The van der Waals surface area contributed by atoms with E-state index in [1.165, 1.54) is 11.5 Å². The van der Waals surface area contributed by atoms with E-state index in [9.17, 15) is 0 Å². The third kappa shape index (κ3) is 3.32. The molecule has 0 unspecified atom stereocenters. The highest BCUT2D eigenvalue weighted by Crippen LogP contribution is 2.49. The lowest BCUT2D eigenvalue weighted by Crippen LogP contribution is -2.44. The van der Waals surface area contributed by atoms with Crippen molar-refractivity contribution in [3.8, 4) is 22.4 Å². The highest BCUT2D eigenvalue weighted by atomic mass is 35.5. The van der Waals surface area contributed by atoms with Gasteiger partial charge in [-0.3, -0.25) is 0 Å². The van der Waals surface area contributed by atoms with Crippen LogP contribution in [0.25, 0.3) is 33.3 Å². The first-order valence-corrected chi connectivity index (χ1v) is 10.8. The van der Waals surface area contributed by atoms with Crippen LogP contribution < -0.4 is 0 Å². The molecule has 0 amide bonds. The van der Waals surface area contributed by atoms with Crippen molar-refractivity contribution in [3.63, 3.8) is 0 Å². The van der Waals surface area contributed by atoms with Crippen molar-refractivity contribution in [1.82, 2.24) is 9.97 Å². The van der Waals surface area contributed by atoms with Gasteiger partial charge in [-0.1, -0.05) is 66.2 Å². The minimum Gasteiger partial charge on any atom is -0.347 e. The summed E-state index contributed by atoms with van der Waals surface area (Å²) in [6.07, 6.45) is 3.39. The number of rotatable bonds is 3. The third-order valence-electron chi connectivity index (χ3n) is 6.12. The van der Waals surface area contributed by atoms with Gasteiger partial charge in [-0.05, 0) is 23.3 Å². The SMILES string of the molecule is Clc1nccc2nc(-c3ccc([C]4CC5(C4)OCCO5)cc3)c(-c3ccccc3)cc12. The Kier molecular flexibility index (Phi) is 4.53. The zero-order valence-electron chi connectivity index (χ0n) is 16.8. The largest absolute Gasteiger partial charge is 0.347 e.